The van der Waals surface area contributed by atoms with Crippen LogP contribution >= 0.6 is 24.0 Å². The van der Waals surface area contributed by atoms with Crippen molar-refractivity contribution in [3.05, 3.63) is 54.0 Å². The quantitative estimate of drug-likeness (QED) is 0.363. The monoisotopic (exact) mass is 456 g/mol. The van der Waals surface area contributed by atoms with Gasteiger partial charge in [-0.3, -0.25) is 4.79 Å². The largest absolute Gasteiger partial charge is 0.493 e. The molecule has 0 saturated heterocycles. The highest BCUT2D eigenvalue weighted by Gasteiger charge is 2.21. The van der Waals surface area contributed by atoms with Crippen LogP contribution in [0.25, 0.3) is 0 Å². The maximum absolute atomic E-state index is 11.8. The van der Waals surface area contributed by atoms with Gasteiger partial charge in [-0.1, -0.05) is 18.2 Å². The van der Waals surface area contributed by atoms with Crippen molar-refractivity contribution in [1.29, 1.82) is 0 Å². The van der Waals surface area contributed by atoms with E-state index < -0.39 is 0 Å². The number of rotatable bonds is 5. The summed E-state index contributed by atoms with van der Waals surface area (Å²) in [5, 5.41) is 5.87. The fraction of sp³-hybridized carbons (Fsp3) is 0.294. The molecule has 1 atom stereocenters. The molecule has 4 N–H and O–H groups in total. The molecule has 3 rings (SSSR count). The minimum atomic E-state index is -0.219. The van der Waals surface area contributed by atoms with Gasteiger partial charge in [-0.25, -0.2) is 4.99 Å². The summed E-state index contributed by atoms with van der Waals surface area (Å²) < 4.78 is 10.8. The molecule has 0 spiro atoms. The Kier molecular flexibility index (Phi) is 7.11. The van der Waals surface area contributed by atoms with Crippen molar-refractivity contribution in [3.63, 3.8) is 0 Å². The van der Waals surface area contributed by atoms with Crippen molar-refractivity contribution >= 4 is 35.8 Å². The molecule has 0 aliphatic carbocycles. The zero-order valence-electron chi connectivity index (χ0n) is 13.6. The fourth-order valence-corrected chi connectivity index (χ4v) is 2.53. The number of nitrogens with one attached hydrogen (secondary N) is 2. The van der Waals surface area contributed by atoms with Gasteiger partial charge in [-0.2, -0.15) is 0 Å². The molecule has 1 amide bonds. The van der Waals surface area contributed by atoms with E-state index in [1.807, 2.05) is 24.3 Å². The van der Waals surface area contributed by atoms with Crippen LogP contribution in [0.2, 0.25) is 0 Å². The first-order valence-corrected chi connectivity index (χ1v) is 7.79. The van der Waals surface area contributed by atoms with Crippen LogP contribution in [-0.4, -0.2) is 25.0 Å². The topological polar surface area (TPSA) is 102 Å². The highest BCUT2D eigenvalue weighted by molar-refractivity contribution is 14.0. The zero-order chi connectivity index (χ0) is 16.8. The van der Waals surface area contributed by atoms with Crippen LogP contribution < -0.4 is 21.1 Å². The summed E-state index contributed by atoms with van der Waals surface area (Å²) in [5.74, 6) is 1.57. The van der Waals surface area contributed by atoms with Gasteiger partial charge in [0.15, 0.2) is 5.96 Å². The van der Waals surface area contributed by atoms with Gasteiger partial charge in [-0.05, 0) is 18.2 Å². The number of carbonyl (C=O) groups is 1. The Bertz CT molecular complexity index is 718. The summed E-state index contributed by atoms with van der Waals surface area (Å²) in [4.78, 5) is 15.9. The number of para-hydroxylation sites is 1. The number of hydrogen-bond donors (Lipinski definition) is 3. The number of fused-ring (bicyclic) bond motifs is 1. The first-order valence-electron chi connectivity index (χ1n) is 7.79. The van der Waals surface area contributed by atoms with Crippen molar-refractivity contribution in [1.82, 2.24) is 10.6 Å². The lowest BCUT2D eigenvalue weighted by molar-refractivity contribution is -0.119. The zero-order valence-corrected chi connectivity index (χ0v) is 15.9. The van der Waals surface area contributed by atoms with E-state index in [-0.39, 0.29) is 48.4 Å². The number of benzene rings is 1. The van der Waals surface area contributed by atoms with Gasteiger partial charge in [-0.15, -0.1) is 24.0 Å². The van der Waals surface area contributed by atoms with Crippen molar-refractivity contribution in [2.24, 2.45) is 10.7 Å². The third kappa shape index (κ3) is 5.38. The Morgan fingerprint density at radius 2 is 2.12 bits per heavy atom. The molecule has 1 unspecified atom stereocenters. The van der Waals surface area contributed by atoms with E-state index in [9.17, 15) is 4.79 Å². The van der Waals surface area contributed by atoms with E-state index in [0.717, 1.165) is 17.7 Å². The predicted octanol–water partition coefficient (Wildman–Crippen LogP) is 1.94. The van der Waals surface area contributed by atoms with Gasteiger partial charge < -0.3 is 25.5 Å². The standard InChI is InChI=1S/C17H20N4O3.HI/c18-17(20-11-16(22)19-10-12-4-3-8-23-12)21-14-7-9-24-15-6-2-1-5-13(14)15;/h1-6,8,14H,7,9-11H2,(H,19,22)(H3,18,20,21);1H. The molecule has 8 heteroatoms. The van der Waals surface area contributed by atoms with E-state index in [2.05, 4.69) is 15.6 Å². The highest BCUT2D eigenvalue weighted by Crippen LogP contribution is 2.31. The molecule has 1 aromatic carbocycles. The first-order chi connectivity index (χ1) is 11.7. The molecule has 0 saturated carbocycles. The Balaban J connectivity index is 0.00000225. The minimum Gasteiger partial charge on any atom is -0.493 e. The molecule has 1 aliphatic rings. The molecule has 1 aromatic heterocycles. The van der Waals surface area contributed by atoms with E-state index >= 15 is 0 Å². The summed E-state index contributed by atoms with van der Waals surface area (Å²) in [6.45, 7) is 0.915. The van der Waals surface area contributed by atoms with Gasteiger partial charge in [0.2, 0.25) is 5.91 Å². The predicted molar refractivity (Wildman–Crippen MR) is 105 cm³/mol. The molecular formula is C17H21IN4O3. The van der Waals surface area contributed by atoms with Gasteiger partial charge in [0.05, 0.1) is 25.5 Å². The number of halogens is 1. The number of nitrogens with two attached hydrogens (primary N) is 1. The fourth-order valence-electron chi connectivity index (χ4n) is 2.53. The second-order valence-corrected chi connectivity index (χ2v) is 5.43. The average Bonchev–Trinajstić information content (AvgIpc) is 3.12. The van der Waals surface area contributed by atoms with Gasteiger partial charge in [0.25, 0.3) is 0 Å². The van der Waals surface area contributed by atoms with Crippen molar-refractivity contribution in [2.75, 3.05) is 13.2 Å². The van der Waals surface area contributed by atoms with Crippen LogP contribution in [0.1, 0.15) is 23.8 Å². The third-order valence-corrected chi connectivity index (χ3v) is 3.71. The van der Waals surface area contributed by atoms with Crippen LogP contribution in [0.3, 0.4) is 0 Å². The van der Waals surface area contributed by atoms with Crippen LogP contribution in [0.4, 0.5) is 0 Å². The summed E-state index contributed by atoms with van der Waals surface area (Å²) in [6.07, 6.45) is 2.35. The number of amides is 1. The number of carbonyl (C=O) groups excluding carboxylic acids is 1. The lowest BCUT2D eigenvalue weighted by Gasteiger charge is -2.26. The summed E-state index contributed by atoms with van der Waals surface area (Å²) in [6, 6.07) is 11.4. The Morgan fingerprint density at radius 3 is 2.92 bits per heavy atom. The maximum Gasteiger partial charge on any atom is 0.242 e. The average molecular weight is 456 g/mol. The molecule has 0 radical (unpaired) electrons. The molecule has 2 heterocycles. The number of nitrogens with zero attached hydrogens (tertiary/aromatic N) is 1. The second kappa shape index (κ2) is 9.30. The number of guanidine groups is 1. The molecule has 7 nitrogen and oxygen atoms in total. The summed E-state index contributed by atoms with van der Waals surface area (Å²) in [7, 11) is 0. The smallest absolute Gasteiger partial charge is 0.242 e. The van der Waals surface area contributed by atoms with E-state index in [1.165, 1.54) is 0 Å². The molecule has 25 heavy (non-hydrogen) atoms. The van der Waals surface area contributed by atoms with E-state index in [4.69, 9.17) is 14.9 Å². The van der Waals surface area contributed by atoms with E-state index in [1.54, 1.807) is 18.4 Å². The lowest BCUT2D eigenvalue weighted by atomic mass is 10.0. The SMILES string of the molecule is I.NC(=NCC(=O)NCc1ccco1)NC1CCOc2ccccc21. The first kappa shape index (κ1) is 19.1. The maximum atomic E-state index is 11.8. The normalized spacial score (nSPS) is 16.2. The number of aliphatic imine (C=N–C) groups is 1. The Hall–Kier alpha value is -2.23. The Morgan fingerprint density at radius 1 is 1.28 bits per heavy atom. The number of hydrogen-bond acceptors (Lipinski definition) is 4. The van der Waals surface area contributed by atoms with Crippen molar-refractivity contribution in [2.45, 2.75) is 19.0 Å². The summed E-state index contributed by atoms with van der Waals surface area (Å²) in [5.41, 5.74) is 6.95. The Labute approximate surface area is 163 Å². The minimum absolute atomic E-state index is 0. The van der Waals surface area contributed by atoms with Crippen LogP contribution in [0.15, 0.2) is 52.1 Å². The second-order valence-electron chi connectivity index (χ2n) is 5.43. The van der Waals surface area contributed by atoms with Crippen LogP contribution in [0, 0.1) is 0 Å². The molecule has 0 fully saturated rings. The van der Waals surface area contributed by atoms with Gasteiger partial charge >= 0.3 is 0 Å². The molecule has 0 bridgehead atoms. The van der Waals surface area contributed by atoms with Crippen LogP contribution in [-0.2, 0) is 11.3 Å². The van der Waals surface area contributed by atoms with Gasteiger partial charge in [0, 0.05) is 12.0 Å². The lowest BCUT2D eigenvalue weighted by Crippen LogP contribution is -2.38. The molecule has 1 aliphatic heterocycles. The van der Waals surface area contributed by atoms with Crippen molar-refractivity contribution < 1.29 is 13.9 Å². The number of furan rings is 1. The number of ether oxygens (including phenoxy) is 1. The van der Waals surface area contributed by atoms with Crippen LogP contribution in [0.5, 0.6) is 5.75 Å². The van der Waals surface area contributed by atoms with E-state index in [0.29, 0.717) is 18.9 Å². The molecular weight excluding hydrogens is 435 g/mol. The highest BCUT2D eigenvalue weighted by atomic mass is 127. The third-order valence-electron chi connectivity index (χ3n) is 3.71. The molecule has 2 aromatic rings. The van der Waals surface area contributed by atoms with Crippen molar-refractivity contribution in [3.8, 4) is 5.75 Å². The molecule has 134 valence electrons. The van der Waals surface area contributed by atoms with Gasteiger partial charge in [0.1, 0.15) is 18.1 Å². The summed E-state index contributed by atoms with van der Waals surface area (Å²) >= 11 is 0.